The molecule has 16 heavy (non-hydrogen) atoms. The molecule has 0 saturated heterocycles. The highest BCUT2D eigenvalue weighted by Gasteiger charge is 2.15. The third-order valence-corrected chi connectivity index (χ3v) is 2.70. The lowest BCUT2D eigenvalue weighted by molar-refractivity contribution is 0.0505. The van der Waals surface area contributed by atoms with Crippen LogP contribution in [0.3, 0.4) is 0 Å². The molecule has 1 aromatic rings. The van der Waals surface area contributed by atoms with Crippen molar-refractivity contribution < 1.29 is 14.3 Å². The van der Waals surface area contributed by atoms with Gasteiger partial charge in [-0.2, -0.15) is 0 Å². The fourth-order valence-electron chi connectivity index (χ4n) is 1.26. The number of carbonyl (C=O) groups excluding carboxylic acids is 2. The molecule has 0 bridgehead atoms. The SMILES string of the molecule is CCCOC(=O)c1ccc(C=O)c(C)c1Cl. The van der Waals surface area contributed by atoms with Crippen molar-refractivity contribution in [1.29, 1.82) is 0 Å². The van der Waals surface area contributed by atoms with E-state index in [9.17, 15) is 9.59 Å². The van der Waals surface area contributed by atoms with Crippen LogP contribution in [0.5, 0.6) is 0 Å². The average Bonchev–Trinajstić information content (AvgIpc) is 2.29. The van der Waals surface area contributed by atoms with E-state index in [1.54, 1.807) is 13.0 Å². The van der Waals surface area contributed by atoms with E-state index >= 15 is 0 Å². The molecule has 1 aromatic carbocycles. The van der Waals surface area contributed by atoms with Crippen LogP contribution in [0.4, 0.5) is 0 Å². The monoisotopic (exact) mass is 240 g/mol. The van der Waals surface area contributed by atoms with Crippen LogP contribution in [0.15, 0.2) is 12.1 Å². The number of hydrogen-bond acceptors (Lipinski definition) is 3. The number of aldehydes is 1. The van der Waals surface area contributed by atoms with E-state index in [1.807, 2.05) is 6.92 Å². The predicted molar refractivity (Wildman–Crippen MR) is 62.2 cm³/mol. The van der Waals surface area contributed by atoms with E-state index in [0.717, 1.165) is 6.42 Å². The lowest BCUT2D eigenvalue weighted by Gasteiger charge is -2.08. The summed E-state index contributed by atoms with van der Waals surface area (Å²) in [5, 5.41) is 0.283. The summed E-state index contributed by atoms with van der Waals surface area (Å²) in [6, 6.07) is 3.08. The van der Waals surface area contributed by atoms with Gasteiger partial charge in [-0.05, 0) is 25.0 Å². The van der Waals surface area contributed by atoms with Crippen LogP contribution in [0.25, 0.3) is 0 Å². The number of halogens is 1. The zero-order valence-electron chi connectivity index (χ0n) is 9.25. The summed E-state index contributed by atoms with van der Waals surface area (Å²) in [5.41, 5.74) is 1.39. The molecular weight excluding hydrogens is 228 g/mol. The van der Waals surface area contributed by atoms with Crippen LogP contribution in [-0.4, -0.2) is 18.9 Å². The van der Waals surface area contributed by atoms with Crippen molar-refractivity contribution in [2.75, 3.05) is 6.61 Å². The zero-order chi connectivity index (χ0) is 12.1. The van der Waals surface area contributed by atoms with Gasteiger partial charge in [-0.1, -0.05) is 24.6 Å². The van der Waals surface area contributed by atoms with Gasteiger partial charge in [0.2, 0.25) is 0 Å². The third kappa shape index (κ3) is 2.61. The number of ether oxygens (including phenoxy) is 1. The van der Waals surface area contributed by atoms with E-state index in [1.165, 1.54) is 6.07 Å². The van der Waals surface area contributed by atoms with Gasteiger partial charge in [-0.25, -0.2) is 4.79 Å². The zero-order valence-corrected chi connectivity index (χ0v) is 10.0. The highest BCUT2D eigenvalue weighted by Crippen LogP contribution is 2.23. The van der Waals surface area contributed by atoms with Gasteiger partial charge in [-0.15, -0.1) is 0 Å². The van der Waals surface area contributed by atoms with Gasteiger partial charge in [0.05, 0.1) is 17.2 Å². The van der Waals surface area contributed by atoms with Gasteiger partial charge in [0.25, 0.3) is 0 Å². The second-order valence-electron chi connectivity index (χ2n) is 3.40. The molecule has 3 nitrogen and oxygen atoms in total. The molecule has 0 spiro atoms. The standard InChI is InChI=1S/C12H13ClO3/c1-3-6-16-12(15)10-5-4-9(7-14)8(2)11(10)13/h4-5,7H,3,6H2,1-2H3. The Hall–Kier alpha value is -1.35. The molecule has 1 rings (SSSR count). The first-order valence-electron chi connectivity index (χ1n) is 5.03. The first-order chi connectivity index (χ1) is 7.61. The average molecular weight is 241 g/mol. The minimum absolute atomic E-state index is 0.283. The molecule has 0 aliphatic rings. The molecule has 0 heterocycles. The van der Waals surface area contributed by atoms with Gasteiger partial charge < -0.3 is 4.74 Å². The van der Waals surface area contributed by atoms with Crippen molar-refractivity contribution in [1.82, 2.24) is 0 Å². The van der Waals surface area contributed by atoms with Gasteiger partial charge >= 0.3 is 5.97 Å². The van der Waals surface area contributed by atoms with Gasteiger partial charge in [0.15, 0.2) is 0 Å². The van der Waals surface area contributed by atoms with Crippen LogP contribution in [0.1, 0.15) is 39.6 Å². The first-order valence-corrected chi connectivity index (χ1v) is 5.41. The summed E-state index contributed by atoms with van der Waals surface area (Å²) in [7, 11) is 0. The van der Waals surface area contributed by atoms with Crippen LogP contribution >= 0.6 is 11.6 Å². The summed E-state index contributed by atoms with van der Waals surface area (Å²) >= 11 is 5.99. The Morgan fingerprint density at radius 3 is 2.75 bits per heavy atom. The normalized spacial score (nSPS) is 9.94. The number of rotatable bonds is 4. The first kappa shape index (κ1) is 12.7. The van der Waals surface area contributed by atoms with E-state index in [0.29, 0.717) is 29.6 Å². The highest BCUT2D eigenvalue weighted by molar-refractivity contribution is 6.34. The van der Waals surface area contributed by atoms with E-state index < -0.39 is 5.97 Å². The number of benzene rings is 1. The van der Waals surface area contributed by atoms with Crippen molar-refractivity contribution in [3.8, 4) is 0 Å². The largest absolute Gasteiger partial charge is 0.462 e. The molecule has 0 aliphatic heterocycles. The quantitative estimate of drug-likeness (QED) is 0.600. The molecule has 0 N–H and O–H groups in total. The Morgan fingerprint density at radius 2 is 2.19 bits per heavy atom. The van der Waals surface area contributed by atoms with Gasteiger partial charge in [0.1, 0.15) is 6.29 Å². The van der Waals surface area contributed by atoms with Crippen molar-refractivity contribution in [3.63, 3.8) is 0 Å². The molecule has 0 atom stereocenters. The molecule has 0 aliphatic carbocycles. The molecule has 4 heteroatoms. The molecule has 0 radical (unpaired) electrons. The second-order valence-corrected chi connectivity index (χ2v) is 3.77. The number of carbonyl (C=O) groups is 2. The molecule has 0 saturated carbocycles. The number of esters is 1. The minimum Gasteiger partial charge on any atom is -0.462 e. The Balaban J connectivity index is 3.02. The molecule has 0 unspecified atom stereocenters. The van der Waals surface area contributed by atoms with Crippen molar-refractivity contribution >= 4 is 23.9 Å². The minimum atomic E-state index is -0.451. The Bertz CT molecular complexity index is 413. The predicted octanol–water partition coefficient (Wildman–Crippen LogP) is 3.03. The molecule has 0 aromatic heterocycles. The molecular formula is C12H13ClO3. The lowest BCUT2D eigenvalue weighted by Crippen LogP contribution is -2.07. The smallest absolute Gasteiger partial charge is 0.339 e. The maximum atomic E-state index is 11.6. The Kier molecular flexibility index (Phi) is 4.50. The van der Waals surface area contributed by atoms with Crippen LogP contribution in [-0.2, 0) is 4.74 Å². The van der Waals surface area contributed by atoms with Crippen LogP contribution in [0.2, 0.25) is 5.02 Å². The molecule has 86 valence electrons. The van der Waals surface area contributed by atoms with Gasteiger partial charge in [-0.3, -0.25) is 4.79 Å². The van der Waals surface area contributed by atoms with E-state index in [-0.39, 0.29) is 5.02 Å². The topological polar surface area (TPSA) is 43.4 Å². The Morgan fingerprint density at radius 1 is 1.50 bits per heavy atom. The van der Waals surface area contributed by atoms with E-state index in [4.69, 9.17) is 16.3 Å². The highest BCUT2D eigenvalue weighted by atomic mass is 35.5. The van der Waals surface area contributed by atoms with Crippen molar-refractivity contribution in [3.05, 3.63) is 33.8 Å². The fraction of sp³-hybridized carbons (Fsp3) is 0.333. The molecule has 0 amide bonds. The van der Waals surface area contributed by atoms with Crippen molar-refractivity contribution in [2.45, 2.75) is 20.3 Å². The van der Waals surface area contributed by atoms with E-state index in [2.05, 4.69) is 0 Å². The summed E-state index contributed by atoms with van der Waals surface area (Å²) in [6.45, 7) is 3.97. The van der Waals surface area contributed by atoms with Crippen LogP contribution < -0.4 is 0 Å². The molecule has 0 fully saturated rings. The fourth-order valence-corrected chi connectivity index (χ4v) is 1.51. The maximum Gasteiger partial charge on any atom is 0.339 e. The summed E-state index contributed by atoms with van der Waals surface area (Å²) < 4.78 is 4.97. The summed E-state index contributed by atoms with van der Waals surface area (Å²) in [6.07, 6.45) is 1.47. The summed E-state index contributed by atoms with van der Waals surface area (Å²) in [4.78, 5) is 22.2. The maximum absolute atomic E-state index is 11.6. The van der Waals surface area contributed by atoms with Gasteiger partial charge in [0, 0.05) is 5.56 Å². The number of hydrogen-bond donors (Lipinski definition) is 0. The van der Waals surface area contributed by atoms with Crippen molar-refractivity contribution in [2.24, 2.45) is 0 Å². The summed E-state index contributed by atoms with van der Waals surface area (Å²) in [5.74, 6) is -0.451. The van der Waals surface area contributed by atoms with Crippen LogP contribution in [0, 0.1) is 6.92 Å². The Labute approximate surface area is 99.4 Å². The third-order valence-electron chi connectivity index (χ3n) is 2.21. The second kappa shape index (κ2) is 5.66. The lowest BCUT2D eigenvalue weighted by atomic mass is 10.1.